The highest BCUT2D eigenvalue weighted by atomic mass is 79.9. The largest absolute Gasteiger partial charge is 0.768 e. The molecular weight excluding hydrogens is 278 g/mol. The monoisotopic (exact) mass is 284 g/mol. The summed E-state index contributed by atoms with van der Waals surface area (Å²) in [5.74, 6) is 0. The third-order valence-corrected chi connectivity index (χ3v) is 3.55. The summed E-state index contributed by atoms with van der Waals surface area (Å²) in [4.78, 5) is 0.228. The molecule has 0 saturated heterocycles. The van der Waals surface area contributed by atoms with Crippen molar-refractivity contribution in [1.82, 2.24) is 0 Å². The lowest BCUT2D eigenvalue weighted by Gasteiger charge is -2.12. The minimum Gasteiger partial charge on any atom is -0.768 e. The van der Waals surface area contributed by atoms with Gasteiger partial charge in [0.05, 0.1) is 0 Å². The van der Waals surface area contributed by atoms with Crippen molar-refractivity contribution in [2.75, 3.05) is 5.73 Å². The van der Waals surface area contributed by atoms with Gasteiger partial charge in [0.1, 0.15) is 0 Å². The first-order valence-corrected chi connectivity index (χ1v) is 6.04. The molecule has 2 aromatic rings. The van der Waals surface area contributed by atoms with Gasteiger partial charge in [-0.2, -0.15) is 0 Å². The van der Waals surface area contributed by atoms with E-state index in [0.29, 0.717) is 11.1 Å². The highest BCUT2D eigenvalue weighted by molar-refractivity contribution is 9.10. The Morgan fingerprint density at radius 2 is 2.00 bits per heavy atom. The molecule has 0 spiro atoms. The molecule has 0 amide bonds. The van der Waals surface area contributed by atoms with Gasteiger partial charge in [-0.1, -0.05) is 28.1 Å². The quantitative estimate of drug-likeness (QED) is 0.646. The van der Waals surface area contributed by atoms with Gasteiger partial charge in [0.25, 0.3) is 0 Å². The van der Waals surface area contributed by atoms with Crippen molar-refractivity contribution in [3.8, 4) is 0 Å². The highest BCUT2D eigenvalue weighted by Crippen LogP contribution is 2.32. The number of benzene rings is 2. The molecule has 0 heterocycles. The summed E-state index contributed by atoms with van der Waals surface area (Å²) in [5, 5.41) is 1.37. The number of nitrogen functional groups attached to an aromatic ring is 1. The second-order valence-corrected chi connectivity index (χ2v) is 4.81. The van der Waals surface area contributed by atoms with E-state index >= 15 is 0 Å². The van der Waals surface area contributed by atoms with Gasteiger partial charge >= 0.3 is 0 Å². The van der Waals surface area contributed by atoms with E-state index in [2.05, 4.69) is 15.9 Å². The van der Waals surface area contributed by atoms with E-state index < -0.39 is 11.1 Å². The van der Waals surface area contributed by atoms with Crippen LogP contribution in [0.3, 0.4) is 0 Å². The predicted molar refractivity (Wildman–Crippen MR) is 63.2 cm³/mol. The van der Waals surface area contributed by atoms with Crippen LogP contribution in [0.2, 0.25) is 0 Å². The second kappa shape index (κ2) is 3.92. The Labute approximate surface area is 97.7 Å². The molecule has 0 aromatic heterocycles. The second-order valence-electron chi connectivity index (χ2n) is 3.05. The summed E-state index contributed by atoms with van der Waals surface area (Å²) < 4.78 is 22.8. The van der Waals surface area contributed by atoms with E-state index in [9.17, 15) is 8.76 Å². The van der Waals surface area contributed by atoms with Crippen LogP contribution in [0.25, 0.3) is 10.8 Å². The number of anilines is 1. The van der Waals surface area contributed by atoms with Gasteiger partial charge in [-0.25, -0.2) is 0 Å². The summed E-state index contributed by atoms with van der Waals surface area (Å²) >= 11 is 1.08. The van der Waals surface area contributed by atoms with Gasteiger partial charge in [-0.05, 0) is 34.7 Å². The molecule has 0 aliphatic rings. The minimum absolute atomic E-state index is 0.228. The maximum atomic E-state index is 11.0. The molecule has 0 aliphatic heterocycles. The molecular formula is C10H7BrNO2S-. The average molecular weight is 285 g/mol. The SMILES string of the molecule is Nc1cccc2c(Br)ccc(S(=O)[O-])c12. The van der Waals surface area contributed by atoms with Crippen LogP contribution in [0.1, 0.15) is 0 Å². The van der Waals surface area contributed by atoms with E-state index in [1.165, 1.54) is 6.07 Å². The standard InChI is InChI=1S/C10H8BrNO2S/c11-7-4-5-9(15(13)14)10-6(7)2-1-3-8(10)12/h1-5H,12H2,(H,13,14)/p-1. The zero-order valence-electron chi connectivity index (χ0n) is 7.57. The Bertz CT molecular complexity index is 556. The molecule has 3 nitrogen and oxygen atoms in total. The molecule has 2 aromatic carbocycles. The molecule has 0 aliphatic carbocycles. The molecule has 2 rings (SSSR count). The summed E-state index contributed by atoms with van der Waals surface area (Å²) in [6, 6.07) is 8.54. The Kier molecular flexibility index (Phi) is 2.77. The van der Waals surface area contributed by atoms with Crippen LogP contribution >= 0.6 is 15.9 Å². The number of hydrogen-bond donors (Lipinski definition) is 1. The molecule has 15 heavy (non-hydrogen) atoms. The van der Waals surface area contributed by atoms with Gasteiger partial charge in [0.2, 0.25) is 0 Å². The minimum atomic E-state index is -2.27. The number of hydrogen-bond acceptors (Lipinski definition) is 3. The Morgan fingerprint density at radius 1 is 1.27 bits per heavy atom. The van der Waals surface area contributed by atoms with Crippen molar-refractivity contribution < 1.29 is 8.76 Å². The molecule has 0 radical (unpaired) electrons. The third-order valence-electron chi connectivity index (χ3n) is 2.16. The molecule has 5 heteroatoms. The van der Waals surface area contributed by atoms with Gasteiger partial charge in [-0.3, -0.25) is 4.21 Å². The van der Waals surface area contributed by atoms with Crippen LogP contribution in [0.5, 0.6) is 0 Å². The van der Waals surface area contributed by atoms with Crippen LogP contribution in [0.15, 0.2) is 39.7 Å². The number of fused-ring (bicyclic) bond motifs is 1. The molecule has 1 atom stereocenters. The van der Waals surface area contributed by atoms with Crippen LogP contribution < -0.4 is 5.73 Å². The van der Waals surface area contributed by atoms with Crippen molar-refractivity contribution in [1.29, 1.82) is 0 Å². The van der Waals surface area contributed by atoms with Crippen LogP contribution in [-0.2, 0) is 11.1 Å². The third kappa shape index (κ3) is 1.78. The van der Waals surface area contributed by atoms with Crippen molar-refractivity contribution in [2.24, 2.45) is 0 Å². The van der Waals surface area contributed by atoms with E-state index in [4.69, 9.17) is 5.73 Å². The van der Waals surface area contributed by atoms with Crippen molar-refractivity contribution in [3.05, 3.63) is 34.8 Å². The Morgan fingerprint density at radius 3 is 2.67 bits per heavy atom. The summed E-state index contributed by atoms with van der Waals surface area (Å²) in [6.07, 6.45) is 0. The number of rotatable bonds is 1. The van der Waals surface area contributed by atoms with Gasteiger partial charge in [0.15, 0.2) is 0 Å². The fraction of sp³-hybridized carbons (Fsp3) is 0. The lowest BCUT2D eigenvalue weighted by atomic mass is 10.1. The predicted octanol–water partition coefficient (Wildman–Crippen LogP) is 2.42. The average Bonchev–Trinajstić information content (AvgIpc) is 2.19. The van der Waals surface area contributed by atoms with E-state index in [0.717, 1.165) is 9.86 Å². The zero-order chi connectivity index (χ0) is 11.0. The zero-order valence-corrected chi connectivity index (χ0v) is 9.97. The molecule has 78 valence electrons. The fourth-order valence-corrected chi connectivity index (χ4v) is 2.54. The van der Waals surface area contributed by atoms with Crippen molar-refractivity contribution in [3.63, 3.8) is 0 Å². The highest BCUT2D eigenvalue weighted by Gasteiger charge is 2.07. The summed E-state index contributed by atoms with van der Waals surface area (Å²) in [7, 11) is 0. The fourth-order valence-electron chi connectivity index (χ4n) is 1.51. The smallest absolute Gasteiger partial charge is 0.0406 e. The van der Waals surface area contributed by atoms with Gasteiger partial charge in [-0.15, -0.1) is 0 Å². The maximum Gasteiger partial charge on any atom is 0.0406 e. The Balaban J connectivity index is 2.96. The first-order valence-electron chi connectivity index (χ1n) is 4.17. The van der Waals surface area contributed by atoms with E-state index in [-0.39, 0.29) is 4.90 Å². The lowest BCUT2D eigenvalue weighted by Crippen LogP contribution is -1.95. The maximum absolute atomic E-state index is 11.0. The van der Waals surface area contributed by atoms with Crippen molar-refractivity contribution in [2.45, 2.75) is 4.90 Å². The molecule has 0 bridgehead atoms. The van der Waals surface area contributed by atoms with Crippen LogP contribution in [0.4, 0.5) is 5.69 Å². The van der Waals surface area contributed by atoms with E-state index in [1.54, 1.807) is 18.2 Å². The first-order chi connectivity index (χ1) is 7.11. The molecule has 0 fully saturated rings. The first kappa shape index (κ1) is 10.6. The summed E-state index contributed by atoms with van der Waals surface area (Å²) in [5.41, 5.74) is 6.24. The topological polar surface area (TPSA) is 66.2 Å². The van der Waals surface area contributed by atoms with Crippen molar-refractivity contribution >= 4 is 43.5 Å². The van der Waals surface area contributed by atoms with Crippen LogP contribution in [-0.4, -0.2) is 8.76 Å². The molecule has 2 N–H and O–H groups in total. The lowest BCUT2D eigenvalue weighted by molar-refractivity contribution is 0.538. The summed E-state index contributed by atoms with van der Waals surface area (Å²) in [6.45, 7) is 0. The van der Waals surface area contributed by atoms with Gasteiger partial charge < -0.3 is 10.3 Å². The van der Waals surface area contributed by atoms with Crippen LogP contribution in [0, 0.1) is 0 Å². The van der Waals surface area contributed by atoms with Gasteiger partial charge in [0, 0.05) is 20.4 Å². The Hall–Kier alpha value is -0.910. The molecule has 1 unspecified atom stereocenters. The van der Waals surface area contributed by atoms with E-state index in [1.807, 2.05) is 6.07 Å². The normalized spacial score (nSPS) is 12.9. The number of halogens is 1. The molecule has 0 saturated carbocycles. The number of nitrogens with two attached hydrogens (primary N) is 1.